The van der Waals surface area contributed by atoms with Crippen molar-refractivity contribution in [1.29, 1.82) is 0 Å². The van der Waals surface area contributed by atoms with Crippen molar-refractivity contribution in [3.05, 3.63) is 77.8 Å². The number of carbonyl (C=O) groups excluding carboxylic acids is 3. The largest absolute Gasteiger partial charge is 0.493 e. The van der Waals surface area contributed by atoms with Crippen molar-refractivity contribution in [2.75, 3.05) is 24.4 Å². The van der Waals surface area contributed by atoms with Crippen LogP contribution in [0, 0.1) is 0 Å². The van der Waals surface area contributed by atoms with E-state index in [1.807, 2.05) is 12.1 Å². The molecule has 0 radical (unpaired) electrons. The number of anilines is 2. The van der Waals surface area contributed by atoms with Gasteiger partial charge in [0, 0.05) is 29.2 Å². The van der Waals surface area contributed by atoms with Gasteiger partial charge in [0.05, 0.1) is 7.11 Å². The van der Waals surface area contributed by atoms with Crippen molar-refractivity contribution in [1.82, 2.24) is 0 Å². The average molecular weight is 497 g/mol. The van der Waals surface area contributed by atoms with Gasteiger partial charge in [-0.15, -0.1) is 0 Å². The fraction of sp³-hybridized carbons (Fsp3) is 0.192. The molecule has 9 heteroatoms. The molecule has 182 valence electrons. The first-order valence-corrected chi connectivity index (χ1v) is 11.2. The second-order valence-corrected chi connectivity index (χ2v) is 7.83. The van der Waals surface area contributed by atoms with Gasteiger partial charge in [-0.05, 0) is 67.1 Å². The van der Waals surface area contributed by atoms with Crippen LogP contribution in [0.5, 0.6) is 17.2 Å². The smallest absolute Gasteiger partial charge is 0.306 e. The Labute approximate surface area is 208 Å². The highest BCUT2D eigenvalue weighted by Gasteiger charge is 2.10. The summed E-state index contributed by atoms with van der Waals surface area (Å²) in [5.41, 5.74) is 1.15. The Morgan fingerprint density at radius 2 is 1.37 bits per heavy atom. The highest BCUT2D eigenvalue weighted by molar-refractivity contribution is 6.30. The minimum atomic E-state index is -0.554. The number of hydrogen-bond acceptors (Lipinski definition) is 6. The molecule has 0 bridgehead atoms. The van der Waals surface area contributed by atoms with Crippen molar-refractivity contribution >= 4 is 40.8 Å². The number of nitrogens with one attached hydrogen (secondary N) is 2. The molecule has 0 spiro atoms. The Morgan fingerprint density at radius 3 is 2.03 bits per heavy atom. The number of carbonyl (C=O) groups is 3. The summed E-state index contributed by atoms with van der Waals surface area (Å²) >= 11 is 5.79. The van der Waals surface area contributed by atoms with E-state index in [9.17, 15) is 14.4 Å². The van der Waals surface area contributed by atoms with Crippen molar-refractivity contribution in [3.8, 4) is 17.2 Å². The van der Waals surface area contributed by atoms with Crippen LogP contribution >= 0.6 is 11.6 Å². The number of ether oxygens (including phenoxy) is 3. The van der Waals surface area contributed by atoms with E-state index in [4.69, 9.17) is 25.8 Å². The number of benzene rings is 3. The molecule has 2 amide bonds. The molecule has 0 aliphatic heterocycles. The maximum atomic E-state index is 12.2. The predicted octanol–water partition coefficient (Wildman–Crippen LogP) is 5.43. The molecule has 35 heavy (non-hydrogen) atoms. The predicted molar refractivity (Wildman–Crippen MR) is 133 cm³/mol. The number of amides is 2. The van der Waals surface area contributed by atoms with Crippen LogP contribution in [0.4, 0.5) is 11.4 Å². The van der Waals surface area contributed by atoms with E-state index in [-0.39, 0.29) is 18.7 Å². The molecule has 0 unspecified atom stereocenters. The number of rotatable bonds is 11. The van der Waals surface area contributed by atoms with Gasteiger partial charge >= 0.3 is 5.97 Å². The number of hydrogen-bond donors (Lipinski definition) is 2. The van der Waals surface area contributed by atoms with E-state index in [0.717, 1.165) is 0 Å². The summed E-state index contributed by atoms with van der Waals surface area (Å²) in [5, 5.41) is 5.91. The van der Waals surface area contributed by atoms with Gasteiger partial charge in [-0.1, -0.05) is 23.7 Å². The molecule has 0 aliphatic carbocycles. The van der Waals surface area contributed by atoms with E-state index >= 15 is 0 Å². The van der Waals surface area contributed by atoms with E-state index in [2.05, 4.69) is 10.6 Å². The van der Waals surface area contributed by atoms with Gasteiger partial charge in [0.15, 0.2) is 18.1 Å². The summed E-state index contributed by atoms with van der Waals surface area (Å²) in [6.45, 7) is -0.406. The molecule has 3 aromatic rings. The normalized spacial score (nSPS) is 10.2. The Hall–Kier alpha value is -4.04. The molecule has 0 aliphatic rings. The summed E-state index contributed by atoms with van der Waals surface area (Å²) in [7, 11) is 1.57. The Bertz CT molecular complexity index is 1150. The SMILES string of the molecule is COc1ccccc1Oc1ccc(NC(=O)CCCC(=O)OCC(=O)Nc2ccc(Cl)cc2)cc1. The maximum Gasteiger partial charge on any atom is 0.306 e. The quantitative estimate of drug-likeness (QED) is 0.343. The molecule has 3 aromatic carbocycles. The van der Waals surface area contributed by atoms with E-state index < -0.39 is 18.5 Å². The lowest BCUT2D eigenvalue weighted by molar-refractivity contribution is -0.147. The van der Waals surface area contributed by atoms with Crippen LogP contribution in [0.3, 0.4) is 0 Å². The zero-order valence-corrected chi connectivity index (χ0v) is 19.8. The van der Waals surface area contributed by atoms with Gasteiger partial charge in [0.25, 0.3) is 5.91 Å². The topological polar surface area (TPSA) is 103 Å². The van der Waals surface area contributed by atoms with Gasteiger partial charge in [-0.3, -0.25) is 14.4 Å². The Balaban J connectivity index is 1.34. The zero-order valence-electron chi connectivity index (χ0n) is 19.1. The summed E-state index contributed by atoms with van der Waals surface area (Å²) in [4.78, 5) is 35.9. The lowest BCUT2D eigenvalue weighted by Crippen LogP contribution is -2.21. The molecule has 2 N–H and O–H groups in total. The maximum absolute atomic E-state index is 12.2. The molecule has 0 aromatic heterocycles. The minimum absolute atomic E-state index is 0.0212. The first kappa shape index (κ1) is 25.6. The highest BCUT2D eigenvalue weighted by Crippen LogP contribution is 2.31. The molecule has 3 rings (SSSR count). The van der Waals surface area contributed by atoms with Crippen LogP contribution in [-0.4, -0.2) is 31.5 Å². The molecular weight excluding hydrogens is 472 g/mol. The van der Waals surface area contributed by atoms with E-state index in [0.29, 0.717) is 40.1 Å². The molecule has 0 saturated carbocycles. The van der Waals surface area contributed by atoms with Gasteiger partial charge in [-0.2, -0.15) is 0 Å². The molecular formula is C26H25ClN2O6. The van der Waals surface area contributed by atoms with Gasteiger partial charge in [0.2, 0.25) is 5.91 Å². The molecule has 0 atom stereocenters. The lowest BCUT2D eigenvalue weighted by atomic mass is 10.2. The summed E-state index contributed by atoms with van der Waals surface area (Å²) in [6.07, 6.45) is 0.442. The second kappa shape index (κ2) is 13.0. The molecule has 0 fully saturated rings. The van der Waals surface area contributed by atoms with E-state index in [1.54, 1.807) is 67.8 Å². The fourth-order valence-electron chi connectivity index (χ4n) is 3.00. The summed E-state index contributed by atoms with van der Waals surface area (Å²) in [5.74, 6) is 0.539. The van der Waals surface area contributed by atoms with Gasteiger partial charge in [-0.25, -0.2) is 0 Å². The molecule has 0 saturated heterocycles. The van der Waals surface area contributed by atoms with Crippen molar-refractivity contribution in [2.45, 2.75) is 19.3 Å². The second-order valence-electron chi connectivity index (χ2n) is 7.39. The third-order valence-corrected chi connectivity index (χ3v) is 4.96. The van der Waals surface area contributed by atoms with Crippen molar-refractivity contribution in [2.24, 2.45) is 0 Å². The zero-order chi connectivity index (χ0) is 25.0. The summed E-state index contributed by atoms with van der Waals surface area (Å²) < 4.78 is 16.0. The van der Waals surface area contributed by atoms with Crippen LogP contribution < -0.4 is 20.1 Å². The lowest BCUT2D eigenvalue weighted by Gasteiger charge is -2.11. The third-order valence-electron chi connectivity index (χ3n) is 4.71. The first-order chi connectivity index (χ1) is 16.9. The van der Waals surface area contributed by atoms with Gasteiger partial charge < -0.3 is 24.8 Å². The first-order valence-electron chi connectivity index (χ1n) is 10.8. The fourth-order valence-corrected chi connectivity index (χ4v) is 3.13. The molecule has 0 heterocycles. The molecule has 8 nitrogen and oxygen atoms in total. The number of methoxy groups -OCH3 is 1. The number of halogens is 1. The van der Waals surface area contributed by atoms with Crippen LogP contribution in [0.2, 0.25) is 5.02 Å². The van der Waals surface area contributed by atoms with Crippen molar-refractivity contribution < 1.29 is 28.6 Å². The van der Waals surface area contributed by atoms with Crippen LogP contribution in [0.25, 0.3) is 0 Å². The van der Waals surface area contributed by atoms with Crippen LogP contribution in [0.15, 0.2) is 72.8 Å². The number of para-hydroxylation sites is 2. The van der Waals surface area contributed by atoms with Crippen LogP contribution in [-0.2, 0) is 19.1 Å². The monoisotopic (exact) mass is 496 g/mol. The van der Waals surface area contributed by atoms with Crippen LogP contribution in [0.1, 0.15) is 19.3 Å². The Morgan fingerprint density at radius 1 is 0.771 bits per heavy atom. The Kier molecular flexibility index (Phi) is 9.50. The van der Waals surface area contributed by atoms with Gasteiger partial charge in [0.1, 0.15) is 5.75 Å². The highest BCUT2D eigenvalue weighted by atomic mass is 35.5. The number of esters is 1. The standard InChI is InChI=1S/C26H25ClN2O6/c1-33-22-5-2-3-6-23(22)35-21-15-13-20(14-16-21)28-24(30)7-4-8-26(32)34-17-25(31)29-19-11-9-18(27)10-12-19/h2-3,5-6,9-16H,4,7-8,17H2,1H3,(H,28,30)(H,29,31). The minimum Gasteiger partial charge on any atom is -0.493 e. The van der Waals surface area contributed by atoms with Crippen molar-refractivity contribution in [3.63, 3.8) is 0 Å². The summed E-state index contributed by atoms with van der Waals surface area (Å²) in [6, 6.07) is 20.7. The third kappa shape index (κ3) is 8.68. The van der Waals surface area contributed by atoms with E-state index in [1.165, 1.54) is 0 Å². The average Bonchev–Trinajstić information content (AvgIpc) is 2.86.